The van der Waals surface area contributed by atoms with Gasteiger partial charge < -0.3 is 4.90 Å². The van der Waals surface area contributed by atoms with Crippen molar-refractivity contribution >= 4 is 12.1 Å². The second kappa shape index (κ2) is 8.49. The van der Waals surface area contributed by atoms with Crippen molar-refractivity contribution in [1.29, 1.82) is 0 Å². The number of amides is 1. The molecule has 0 saturated carbocycles. The molecule has 0 spiro atoms. The van der Waals surface area contributed by atoms with Gasteiger partial charge in [0.05, 0.1) is 6.54 Å². The highest BCUT2D eigenvalue weighted by Gasteiger charge is 2.23. The van der Waals surface area contributed by atoms with Gasteiger partial charge in [-0.1, -0.05) is 30.3 Å². The predicted molar refractivity (Wildman–Crippen MR) is 122 cm³/mol. The van der Waals surface area contributed by atoms with Gasteiger partial charge in [0.2, 0.25) is 5.91 Å². The number of carbonyl (C=O) groups is 1. The maximum atomic E-state index is 13.8. The fourth-order valence-electron chi connectivity index (χ4n) is 4.21. The van der Waals surface area contributed by atoms with Gasteiger partial charge >= 0.3 is 0 Å². The molecular weight excluding hydrogens is 405 g/mol. The molecule has 1 aromatic heterocycles. The number of nitrogens with zero attached hydrogens (tertiary/aromatic N) is 5. The summed E-state index contributed by atoms with van der Waals surface area (Å²) in [5.41, 5.74) is 4.76. The zero-order valence-electron chi connectivity index (χ0n) is 18.0. The van der Waals surface area contributed by atoms with Crippen LogP contribution >= 0.6 is 0 Å². The Hall–Kier alpha value is -3.61. The first-order chi connectivity index (χ1) is 15.6. The molecule has 0 bridgehead atoms. The number of benzene rings is 2. The van der Waals surface area contributed by atoms with Crippen LogP contribution in [0.15, 0.2) is 64.7 Å². The second-order valence-electron chi connectivity index (χ2n) is 8.23. The molecule has 2 aromatic carbocycles. The molecule has 2 aliphatic heterocycles. The first-order valence-corrected chi connectivity index (χ1v) is 10.8. The van der Waals surface area contributed by atoms with E-state index in [1.807, 2.05) is 41.4 Å². The molecule has 32 heavy (non-hydrogen) atoms. The van der Waals surface area contributed by atoms with Crippen molar-refractivity contribution in [2.24, 2.45) is 4.99 Å². The molecular formula is C25H24FN5O. The van der Waals surface area contributed by atoms with E-state index in [-0.39, 0.29) is 18.3 Å². The third kappa shape index (κ3) is 3.98. The van der Waals surface area contributed by atoms with Gasteiger partial charge in [0.25, 0.3) is 0 Å². The Morgan fingerprint density at radius 3 is 2.69 bits per heavy atom. The molecule has 0 unspecified atom stereocenters. The summed E-state index contributed by atoms with van der Waals surface area (Å²) in [6, 6.07) is 14.5. The van der Waals surface area contributed by atoms with Crippen LogP contribution in [0.5, 0.6) is 0 Å². The van der Waals surface area contributed by atoms with E-state index in [1.54, 1.807) is 23.7 Å². The van der Waals surface area contributed by atoms with Gasteiger partial charge in [-0.25, -0.2) is 14.1 Å². The molecule has 0 atom stereocenters. The van der Waals surface area contributed by atoms with Crippen LogP contribution in [0.4, 0.5) is 4.39 Å². The molecule has 0 aliphatic carbocycles. The van der Waals surface area contributed by atoms with Crippen LogP contribution in [0.3, 0.4) is 0 Å². The van der Waals surface area contributed by atoms with Gasteiger partial charge in [0.15, 0.2) is 11.6 Å². The quantitative estimate of drug-likeness (QED) is 0.628. The lowest BCUT2D eigenvalue weighted by atomic mass is 10.1. The summed E-state index contributed by atoms with van der Waals surface area (Å²) in [6.07, 6.45) is 3.66. The Bertz CT molecular complexity index is 1230. The van der Waals surface area contributed by atoms with E-state index in [4.69, 9.17) is 4.98 Å². The normalized spacial score (nSPS) is 15.8. The Balaban J connectivity index is 1.43. The summed E-state index contributed by atoms with van der Waals surface area (Å²) >= 11 is 0. The largest absolute Gasteiger partial charge is 0.340 e. The predicted octanol–water partition coefficient (Wildman–Crippen LogP) is 4.06. The zero-order chi connectivity index (χ0) is 22.1. The third-order valence-corrected chi connectivity index (χ3v) is 6.08. The number of aliphatic imine (C=N–C) groups is 1. The van der Waals surface area contributed by atoms with Crippen LogP contribution in [-0.4, -0.2) is 51.4 Å². The Morgan fingerprint density at radius 1 is 1.06 bits per heavy atom. The van der Waals surface area contributed by atoms with Crippen molar-refractivity contribution in [2.75, 3.05) is 19.6 Å². The molecule has 0 saturated heterocycles. The second-order valence-corrected chi connectivity index (χ2v) is 8.23. The molecule has 7 heteroatoms. The lowest BCUT2D eigenvalue weighted by Gasteiger charge is -2.21. The summed E-state index contributed by atoms with van der Waals surface area (Å²) in [4.78, 5) is 24.2. The first kappa shape index (κ1) is 20.3. The van der Waals surface area contributed by atoms with Gasteiger partial charge in [-0.15, -0.1) is 5.10 Å². The standard InChI is InChI=1S/C25H24FN5O/c1-17-13-19(7-8-22(17)26)24-28-25(18-5-3-2-4-6-18)31(29-24)16-23(32)30-11-9-20-14-27-15-21(20)10-12-30/h2-8,13-14H,9-12,15-16H2,1H3. The molecule has 1 amide bonds. The van der Waals surface area contributed by atoms with Crippen LogP contribution in [0, 0.1) is 12.7 Å². The van der Waals surface area contributed by atoms with E-state index in [0.717, 1.165) is 30.5 Å². The van der Waals surface area contributed by atoms with Gasteiger partial charge in [0.1, 0.15) is 12.4 Å². The lowest BCUT2D eigenvalue weighted by molar-refractivity contribution is -0.131. The van der Waals surface area contributed by atoms with E-state index in [9.17, 15) is 9.18 Å². The number of aromatic nitrogens is 3. The summed E-state index contributed by atoms with van der Waals surface area (Å²) in [5.74, 6) is 0.858. The van der Waals surface area contributed by atoms with Crippen molar-refractivity contribution < 1.29 is 9.18 Å². The highest BCUT2D eigenvalue weighted by Crippen LogP contribution is 2.25. The molecule has 5 rings (SSSR count). The molecule has 3 heterocycles. The fraction of sp³-hybridized carbons (Fsp3) is 0.280. The summed E-state index contributed by atoms with van der Waals surface area (Å²) in [6.45, 7) is 3.96. The first-order valence-electron chi connectivity index (χ1n) is 10.8. The van der Waals surface area contributed by atoms with E-state index in [0.29, 0.717) is 30.3 Å². The van der Waals surface area contributed by atoms with Crippen molar-refractivity contribution in [3.8, 4) is 22.8 Å². The topological polar surface area (TPSA) is 63.4 Å². The van der Waals surface area contributed by atoms with Crippen LogP contribution in [0.25, 0.3) is 22.8 Å². The monoisotopic (exact) mass is 429 g/mol. The van der Waals surface area contributed by atoms with Crippen molar-refractivity contribution in [3.63, 3.8) is 0 Å². The molecule has 0 N–H and O–H groups in total. The number of hydrogen-bond donors (Lipinski definition) is 0. The number of rotatable bonds is 4. The average Bonchev–Trinajstić information content (AvgIpc) is 3.38. The molecule has 0 radical (unpaired) electrons. The van der Waals surface area contributed by atoms with E-state index in [1.165, 1.54) is 17.2 Å². The number of hydrogen-bond acceptors (Lipinski definition) is 4. The van der Waals surface area contributed by atoms with Gasteiger partial charge in [0, 0.05) is 30.4 Å². The fourth-order valence-corrected chi connectivity index (χ4v) is 4.21. The van der Waals surface area contributed by atoms with Crippen LogP contribution in [0.1, 0.15) is 18.4 Å². The highest BCUT2D eigenvalue weighted by molar-refractivity contribution is 5.83. The SMILES string of the molecule is Cc1cc(-c2nc(-c3ccccc3)n(CC(=O)N3CCC4=C(CC3)CN=C4)n2)ccc1F. The highest BCUT2D eigenvalue weighted by atomic mass is 19.1. The van der Waals surface area contributed by atoms with Crippen molar-refractivity contribution in [2.45, 2.75) is 26.3 Å². The number of halogens is 1. The van der Waals surface area contributed by atoms with Gasteiger partial charge in [-0.2, -0.15) is 0 Å². The minimum atomic E-state index is -0.265. The Kier molecular flexibility index (Phi) is 5.39. The summed E-state index contributed by atoms with van der Waals surface area (Å²) < 4.78 is 15.4. The smallest absolute Gasteiger partial charge is 0.244 e. The van der Waals surface area contributed by atoms with Gasteiger partial charge in [-0.05, 0) is 54.7 Å². The maximum Gasteiger partial charge on any atom is 0.244 e. The van der Waals surface area contributed by atoms with E-state index in [2.05, 4.69) is 10.1 Å². The number of carbonyl (C=O) groups excluding carboxylic acids is 1. The van der Waals surface area contributed by atoms with Crippen molar-refractivity contribution in [3.05, 3.63) is 71.1 Å². The van der Waals surface area contributed by atoms with Crippen LogP contribution < -0.4 is 0 Å². The molecule has 162 valence electrons. The summed E-state index contributed by atoms with van der Waals surface area (Å²) in [5, 5.41) is 4.65. The molecule has 6 nitrogen and oxygen atoms in total. The molecule has 0 fully saturated rings. The van der Waals surface area contributed by atoms with Crippen LogP contribution in [0.2, 0.25) is 0 Å². The van der Waals surface area contributed by atoms with E-state index < -0.39 is 0 Å². The Morgan fingerprint density at radius 2 is 1.88 bits per heavy atom. The lowest BCUT2D eigenvalue weighted by Crippen LogP contribution is -2.35. The Labute approximate surface area is 186 Å². The zero-order valence-corrected chi connectivity index (χ0v) is 18.0. The molecule has 2 aliphatic rings. The third-order valence-electron chi connectivity index (χ3n) is 6.08. The average molecular weight is 429 g/mol. The van der Waals surface area contributed by atoms with Crippen LogP contribution in [-0.2, 0) is 11.3 Å². The number of aryl methyl sites for hydroxylation is 1. The molecule has 3 aromatic rings. The minimum absolute atomic E-state index is 0.0204. The van der Waals surface area contributed by atoms with E-state index >= 15 is 0 Å². The van der Waals surface area contributed by atoms with Gasteiger partial charge in [-0.3, -0.25) is 9.79 Å². The summed E-state index contributed by atoms with van der Waals surface area (Å²) in [7, 11) is 0. The van der Waals surface area contributed by atoms with Crippen molar-refractivity contribution in [1.82, 2.24) is 19.7 Å². The maximum absolute atomic E-state index is 13.8. The minimum Gasteiger partial charge on any atom is -0.340 e.